The van der Waals surface area contributed by atoms with E-state index in [1.165, 1.54) is 4.90 Å². The van der Waals surface area contributed by atoms with Gasteiger partial charge in [-0.2, -0.15) is 0 Å². The van der Waals surface area contributed by atoms with E-state index in [-0.39, 0.29) is 50.8 Å². The van der Waals surface area contributed by atoms with Crippen molar-refractivity contribution in [1.82, 2.24) is 15.5 Å². The number of ether oxygens (including phenoxy) is 2. The number of hydrogen-bond donors (Lipinski definition) is 2. The van der Waals surface area contributed by atoms with Gasteiger partial charge >= 0.3 is 12.2 Å². The number of anilines is 1. The first kappa shape index (κ1) is 33.0. The van der Waals surface area contributed by atoms with Crippen LogP contribution in [-0.2, 0) is 25.6 Å². The second-order valence-corrected chi connectivity index (χ2v) is 12.1. The summed E-state index contributed by atoms with van der Waals surface area (Å²) >= 11 is 0. The standard InChI is InChI=1S/C33H42N4O6/c1-32(2,3)42-30(40)34-19-21-36(22-20-35-31(41)43-33(4,5)6)28(38)17-18-29(39)37-23-26-13-8-7-11-24(26)15-16-25-12-9-10-14-27(25)37/h7-14H,17-23H2,1-6H3,(H,34,40)(H,35,41). The summed E-state index contributed by atoms with van der Waals surface area (Å²) < 4.78 is 10.5. The molecule has 0 aromatic heterocycles. The number of hydrogen-bond acceptors (Lipinski definition) is 6. The van der Waals surface area contributed by atoms with Crippen LogP contribution < -0.4 is 15.5 Å². The highest BCUT2D eigenvalue weighted by molar-refractivity contribution is 5.97. The molecule has 1 aliphatic rings. The number of benzene rings is 2. The summed E-state index contributed by atoms with van der Waals surface area (Å²) in [7, 11) is 0. The third-order valence-corrected chi connectivity index (χ3v) is 6.18. The Balaban J connectivity index is 1.67. The summed E-state index contributed by atoms with van der Waals surface area (Å²) in [5.74, 6) is 5.88. The number of nitrogens with one attached hydrogen (secondary N) is 2. The summed E-state index contributed by atoms with van der Waals surface area (Å²) in [6.45, 7) is 11.5. The van der Waals surface area contributed by atoms with Gasteiger partial charge in [0, 0.05) is 50.1 Å². The van der Waals surface area contributed by atoms with E-state index in [1.54, 1.807) is 46.4 Å². The molecule has 2 aromatic rings. The van der Waals surface area contributed by atoms with Crippen molar-refractivity contribution >= 4 is 29.7 Å². The van der Waals surface area contributed by atoms with Crippen LogP contribution in [0.1, 0.15) is 71.1 Å². The number of carbonyl (C=O) groups is 4. The second-order valence-electron chi connectivity index (χ2n) is 12.1. The van der Waals surface area contributed by atoms with Gasteiger partial charge in [-0.3, -0.25) is 9.59 Å². The lowest BCUT2D eigenvalue weighted by atomic mass is 10.0. The minimum absolute atomic E-state index is 0.0295. The van der Waals surface area contributed by atoms with Gasteiger partial charge in [0.05, 0.1) is 12.2 Å². The molecule has 0 unspecified atom stereocenters. The van der Waals surface area contributed by atoms with Gasteiger partial charge in [-0.15, -0.1) is 0 Å². The van der Waals surface area contributed by atoms with E-state index in [9.17, 15) is 19.2 Å². The van der Waals surface area contributed by atoms with E-state index in [0.717, 1.165) is 16.7 Å². The highest BCUT2D eigenvalue weighted by atomic mass is 16.6. The van der Waals surface area contributed by atoms with E-state index in [1.807, 2.05) is 48.5 Å². The van der Waals surface area contributed by atoms with Crippen LogP contribution in [0.25, 0.3) is 0 Å². The fraction of sp³-hybridized carbons (Fsp3) is 0.455. The first-order valence-electron chi connectivity index (χ1n) is 14.4. The predicted octanol–water partition coefficient (Wildman–Crippen LogP) is 4.59. The van der Waals surface area contributed by atoms with Gasteiger partial charge in [0.15, 0.2) is 0 Å². The number of nitrogens with zero attached hydrogens (tertiary/aromatic N) is 2. The van der Waals surface area contributed by atoms with Crippen LogP contribution in [0.5, 0.6) is 0 Å². The van der Waals surface area contributed by atoms with Gasteiger partial charge in [-0.05, 0) is 65.3 Å². The first-order valence-corrected chi connectivity index (χ1v) is 14.4. The maximum atomic E-state index is 13.6. The molecule has 0 saturated carbocycles. The lowest BCUT2D eigenvalue weighted by molar-refractivity contribution is -0.133. The third-order valence-electron chi connectivity index (χ3n) is 6.18. The van der Waals surface area contributed by atoms with Gasteiger partial charge in [-0.25, -0.2) is 9.59 Å². The Morgan fingerprint density at radius 1 is 0.767 bits per heavy atom. The molecule has 0 radical (unpaired) electrons. The van der Waals surface area contributed by atoms with Crippen LogP contribution >= 0.6 is 0 Å². The fourth-order valence-corrected chi connectivity index (χ4v) is 4.29. The molecule has 2 aromatic carbocycles. The van der Waals surface area contributed by atoms with E-state index < -0.39 is 23.4 Å². The van der Waals surface area contributed by atoms with Crippen molar-refractivity contribution in [1.29, 1.82) is 0 Å². The zero-order valence-corrected chi connectivity index (χ0v) is 25.9. The number of alkyl carbamates (subject to hydrolysis) is 2. The zero-order chi connectivity index (χ0) is 31.6. The molecule has 43 heavy (non-hydrogen) atoms. The first-order chi connectivity index (χ1) is 20.2. The van der Waals surface area contributed by atoms with Crippen LogP contribution in [0.15, 0.2) is 48.5 Å². The van der Waals surface area contributed by atoms with Crippen molar-refractivity contribution in [3.05, 3.63) is 65.2 Å². The molecule has 0 atom stereocenters. The number of para-hydroxylation sites is 1. The number of carbonyl (C=O) groups excluding carboxylic acids is 4. The molecular formula is C33H42N4O6. The van der Waals surface area contributed by atoms with Gasteiger partial charge in [-0.1, -0.05) is 42.2 Å². The number of rotatable bonds is 9. The minimum atomic E-state index is -0.658. The Bertz CT molecular complexity index is 1350. The molecule has 0 fully saturated rings. The lowest BCUT2D eigenvalue weighted by Crippen LogP contribution is -2.44. The quantitative estimate of drug-likeness (QED) is 0.413. The average Bonchev–Trinajstić information content (AvgIpc) is 2.90. The van der Waals surface area contributed by atoms with Crippen molar-refractivity contribution in [2.45, 2.75) is 72.1 Å². The lowest BCUT2D eigenvalue weighted by Gasteiger charge is -2.27. The smallest absolute Gasteiger partial charge is 0.407 e. The summed E-state index contributed by atoms with van der Waals surface area (Å²) in [5.41, 5.74) is 1.89. The summed E-state index contributed by atoms with van der Waals surface area (Å²) in [4.78, 5) is 54.3. The van der Waals surface area contributed by atoms with E-state index in [4.69, 9.17) is 9.47 Å². The third kappa shape index (κ3) is 11.0. The molecule has 3 rings (SSSR count). The monoisotopic (exact) mass is 590 g/mol. The molecule has 0 aliphatic carbocycles. The highest BCUT2D eigenvalue weighted by Gasteiger charge is 2.24. The van der Waals surface area contributed by atoms with Crippen molar-refractivity contribution in [3.63, 3.8) is 0 Å². The van der Waals surface area contributed by atoms with Gasteiger partial charge in [0.1, 0.15) is 11.2 Å². The van der Waals surface area contributed by atoms with Crippen LogP contribution in [0.3, 0.4) is 0 Å². The molecule has 1 heterocycles. The highest BCUT2D eigenvalue weighted by Crippen LogP contribution is 2.26. The molecule has 0 bridgehead atoms. The van der Waals surface area contributed by atoms with Crippen molar-refractivity contribution < 1.29 is 28.7 Å². The molecule has 10 nitrogen and oxygen atoms in total. The van der Waals surface area contributed by atoms with Crippen molar-refractivity contribution in [2.24, 2.45) is 0 Å². The largest absolute Gasteiger partial charge is 0.444 e. The number of fused-ring (bicyclic) bond motifs is 2. The maximum absolute atomic E-state index is 13.6. The minimum Gasteiger partial charge on any atom is -0.444 e. The normalized spacial score (nSPS) is 12.3. The van der Waals surface area contributed by atoms with E-state index in [0.29, 0.717) is 12.2 Å². The van der Waals surface area contributed by atoms with Crippen molar-refractivity contribution in [2.75, 3.05) is 31.1 Å². The Morgan fingerprint density at radius 3 is 1.86 bits per heavy atom. The van der Waals surface area contributed by atoms with Crippen LogP contribution in [0.2, 0.25) is 0 Å². The Hall–Kier alpha value is -4.52. The predicted molar refractivity (Wildman–Crippen MR) is 164 cm³/mol. The van der Waals surface area contributed by atoms with Gasteiger partial charge in [0.25, 0.3) is 0 Å². The summed E-state index contributed by atoms with van der Waals surface area (Å²) in [6, 6.07) is 15.2. The zero-order valence-electron chi connectivity index (χ0n) is 25.9. The fourth-order valence-electron chi connectivity index (χ4n) is 4.29. The van der Waals surface area contributed by atoms with E-state index in [2.05, 4.69) is 22.5 Å². The second kappa shape index (κ2) is 14.6. The van der Waals surface area contributed by atoms with Crippen molar-refractivity contribution in [3.8, 4) is 11.8 Å². The number of amides is 4. The molecular weight excluding hydrogens is 548 g/mol. The van der Waals surface area contributed by atoms with Crippen LogP contribution in [0, 0.1) is 11.8 Å². The van der Waals surface area contributed by atoms with Gasteiger partial charge in [0.2, 0.25) is 11.8 Å². The average molecular weight is 591 g/mol. The van der Waals surface area contributed by atoms with Crippen LogP contribution in [0.4, 0.5) is 15.3 Å². The van der Waals surface area contributed by atoms with Crippen LogP contribution in [-0.4, -0.2) is 66.3 Å². The molecule has 1 aliphatic heterocycles. The molecule has 10 heteroatoms. The maximum Gasteiger partial charge on any atom is 0.407 e. The summed E-state index contributed by atoms with van der Waals surface area (Å²) in [6.07, 6.45) is -1.27. The molecule has 0 saturated heterocycles. The Kier molecular flexibility index (Phi) is 11.2. The molecule has 0 spiro atoms. The van der Waals surface area contributed by atoms with E-state index >= 15 is 0 Å². The molecule has 4 amide bonds. The van der Waals surface area contributed by atoms with Gasteiger partial charge < -0.3 is 29.9 Å². The SMILES string of the molecule is CC(C)(C)OC(=O)NCCN(CCNC(=O)OC(C)(C)C)C(=O)CCC(=O)N1Cc2ccccc2C#Cc2ccccc21. The molecule has 2 N–H and O–H groups in total. The summed E-state index contributed by atoms with van der Waals surface area (Å²) in [5, 5.41) is 5.30. The molecule has 230 valence electrons. The topological polar surface area (TPSA) is 117 Å². The Labute approximate surface area is 254 Å². The Morgan fingerprint density at radius 2 is 1.28 bits per heavy atom.